The Balaban J connectivity index is 1.91. The fourth-order valence-corrected chi connectivity index (χ4v) is 5.51. The number of hydrogen-bond acceptors (Lipinski definition) is 3. The standard InChI is InChI=1S/C24H22F3NO3S/c1-18-11-13-21(14-12-18)32(29,30)28-17-23(16-24(25,26)27,20-8-3-2-4-9-20)31-15-19-7-5-6-10-22(19)28/h2-14H,15-17H2,1H3. The van der Waals surface area contributed by atoms with E-state index in [4.69, 9.17) is 4.74 Å². The van der Waals surface area contributed by atoms with Crippen LogP contribution in [0.2, 0.25) is 0 Å². The molecule has 3 aromatic carbocycles. The molecule has 0 radical (unpaired) electrons. The van der Waals surface area contributed by atoms with Crippen molar-refractivity contribution in [2.45, 2.75) is 36.6 Å². The molecule has 0 fully saturated rings. The van der Waals surface area contributed by atoms with E-state index in [2.05, 4.69) is 0 Å². The van der Waals surface area contributed by atoms with Gasteiger partial charge in [-0.05, 0) is 30.7 Å². The highest BCUT2D eigenvalue weighted by Crippen LogP contribution is 2.44. The number of aryl methyl sites for hydroxylation is 1. The van der Waals surface area contributed by atoms with Crippen molar-refractivity contribution in [3.8, 4) is 0 Å². The van der Waals surface area contributed by atoms with Crippen LogP contribution in [0.4, 0.5) is 18.9 Å². The summed E-state index contributed by atoms with van der Waals surface area (Å²) in [4.78, 5) is 0.00812. The molecule has 4 nitrogen and oxygen atoms in total. The van der Waals surface area contributed by atoms with Crippen molar-refractivity contribution in [3.63, 3.8) is 0 Å². The van der Waals surface area contributed by atoms with Gasteiger partial charge in [-0.25, -0.2) is 8.42 Å². The number of anilines is 1. The first-order chi connectivity index (χ1) is 15.1. The van der Waals surface area contributed by atoms with Crippen LogP contribution in [-0.4, -0.2) is 21.1 Å². The van der Waals surface area contributed by atoms with Gasteiger partial charge in [0.25, 0.3) is 10.0 Å². The van der Waals surface area contributed by atoms with Crippen LogP contribution >= 0.6 is 0 Å². The Morgan fingerprint density at radius 2 is 1.56 bits per heavy atom. The largest absolute Gasteiger partial charge is 0.392 e. The van der Waals surface area contributed by atoms with Crippen molar-refractivity contribution in [2.24, 2.45) is 0 Å². The lowest BCUT2D eigenvalue weighted by Gasteiger charge is -2.37. The summed E-state index contributed by atoms with van der Waals surface area (Å²) in [5.74, 6) is 0. The monoisotopic (exact) mass is 461 g/mol. The molecule has 0 aromatic heterocycles. The number of sulfonamides is 1. The number of halogens is 3. The molecule has 0 saturated carbocycles. The van der Waals surface area contributed by atoms with Crippen LogP contribution in [0.5, 0.6) is 0 Å². The number of nitrogens with zero attached hydrogens (tertiary/aromatic N) is 1. The Labute approximate surface area is 185 Å². The van der Waals surface area contributed by atoms with E-state index in [-0.39, 0.29) is 17.1 Å². The number of hydrogen-bond donors (Lipinski definition) is 0. The highest BCUT2D eigenvalue weighted by Gasteiger charge is 2.49. The van der Waals surface area contributed by atoms with Gasteiger partial charge >= 0.3 is 6.18 Å². The second-order valence-electron chi connectivity index (χ2n) is 7.89. The van der Waals surface area contributed by atoms with Crippen molar-refractivity contribution < 1.29 is 26.3 Å². The van der Waals surface area contributed by atoms with Gasteiger partial charge in [0.2, 0.25) is 0 Å². The molecule has 0 aliphatic carbocycles. The van der Waals surface area contributed by atoms with Crippen LogP contribution in [0.1, 0.15) is 23.1 Å². The van der Waals surface area contributed by atoms with Crippen LogP contribution in [0, 0.1) is 6.92 Å². The number of rotatable bonds is 4. The van der Waals surface area contributed by atoms with Gasteiger partial charge in [-0.3, -0.25) is 4.31 Å². The van der Waals surface area contributed by atoms with E-state index in [1.165, 1.54) is 12.1 Å². The lowest BCUT2D eigenvalue weighted by molar-refractivity contribution is -0.192. The first-order valence-corrected chi connectivity index (χ1v) is 11.5. The molecule has 1 unspecified atom stereocenters. The van der Waals surface area contributed by atoms with E-state index in [1.54, 1.807) is 66.7 Å². The number of benzene rings is 3. The zero-order valence-electron chi connectivity index (χ0n) is 17.3. The molecule has 8 heteroatoms. The van der Waals surface area contributed by atoms with Crippen LogP contribution in [0.3, 0.4) is 0 Å². The van der Waals surface area contributed by atoms with Gasteiger partial charge in [-0.15, -0.1) is 0 Å². The van der Waals surface area contributed by atoms with Crippen molar-refractivity contribution >= 4 is 15.7 Å². The highest BCUT2D eigenvalue weighted by molar-refractivity contribution is 7.92. The Morgan fingerprint density at radius 3 is 2.22 bits per heavy atom. The number of para-hydroxylation sites is 1. The maximum Gasteiger partial charge on any atom is 0.392 e. The third kappa shape index (κ3) is 4.38. The number of fused-ring (bicyclic) bond motifs is 1. The summed E-state index contributed by atoms with van der Waals surface area (Å²) >= 11 is 0. The maximum atomic E-state index is 13.8. The van der Waals surface area contributed by atoms with E-state index in [1.807, 2.05) is 6.92 Å². The van der Waals surface area contributed by atoms with Gasteiger partial charge in [0.15, 0.2) is 0 Å². The maximum absolute atomic E-state index is 13.8. The molecule has 0 amide bonds. The van der Waals surface area contributed by atoms with Crippen LogP contribution in [0.15, 0.2) is 83.8 Å². The van der Waals surface area contributed by atoms with E-state index in [9.17, 15) is 21.6 Å². The fourth-order valence-electron chi connectivity index (χ4n) is 3.96. The minimum Gasteiger partial charge on any atom is -0.363 e. The van der Waals surface area contributed by atoms with Crippen molar-refractivity contribution in [2.75, 3.05) is 10.8 Å². The van der Waals surface area contributed by atoms with Crippen molar-refractivity contribution in [1.82, 2.24) is 0 Å². The molecule has 32 heavy (non-hydrogen) atoms. The van der Waals surface area contributed by atoms with Crippen LogP contribution < -0.4 is 4.31 Å². The predicted molar refractivity (Wildman–Crippen MR) is 116 cm³/mol. The van der Waals surface area contributed by atoms with Gasteiger partial charge in [0, 0.05) is 5.56 Å². The topological polar surface area (TPSA) is 46.6 Å². The van der Waals surface area contributed by atoms with E-state index < -0.39 is 34.8 Å². The second kappa shape index (κ2) is 8.26. The summed E-state index contributed by atoms with van der Waals surface area (Å²) in [5.41, 5.74) is 0.0562. The minimum absolute atomic E-state index is 0.00812. The molecular formula is C24H22F3NO3S. The van der Waals surface area contributed by atoms with Gasteiger partial charge in [0.05, 0.1) is 30.2 Å². The molecule has 3 aromatic rings. The Morgan fingerprint density at radius 1 is 0.938 bits per heavy atom. The molecule has 0 bridgehead atoms. The molecule has 0 N–H and O–H groups in total. The predicted octanol–water partition coefficient (Wildman–Crippen LogP) is 5.57. The van der Waals surface area contributed by atoms with Crippen molar-refractivity contribution in [3.05, 3.63) is 95.6 Å². The normalized spacial score (nSPS) is 19.3. The molecule has 0 spiro atoms. The molecular weight excluding hydrogens is 439 g/mol. The average Bonchev–Trinajstić information content (AvgIpc) is 2.92. The molecule has 168 valence electrons. The summed E-state index contributed by atoms with van der Waals surface area (Å²) in [6.07, 6.45) is -5.90. The van der Waals surface area contributed by atoms with Crippen LogP contribution in [0.25, 0.3) is 0 Å². The van der Waals surface area contributed by atoms with E-state index in [0.29, 0.717) is 11.3 Å². The van der Waals surface area contributed by atoms with Gasteiger partial charge in [-0.2, -0.15) is 13.2 Å². The van der Waals surface area contributed by atoms with Crippen molar-refractivity contribution in [1.29, 1.82) is 0 Å². The molecule has 1 aliphatic heterocycles. The second-order valence-corrected chi connectivity index (χ2v) is 9.76. The Hall–Kier alpha value is -2.84. The van der Waals surface area contributed by atoms with Crippen LogP contribution in [-0.2, 0) is 27.0 Å². The molecule has 0 saturated heterocycles. The van der Waals surface area contributed by atoms with E-state index >= 15 is 0 Å². The van der Waals surface area contributed by atoms with Gasteiger partial charge in [-0.1, -0.05) is 66.2 Å². The first-order valence-electron chi connectivity index (χ1n) is 10.0. The quantitative estimate of drug-likeness (QED) is 0.511. The summed E-state index contributed by atoms with van der Waals surface area (Å²) in [7, 11) is -4.16. The third-order valence-corrected chi connectivity index (χ3v) is 7.33. The SMILES string of the molecule is Cc1ccc(S(=O)(=O)N2CC(CC(F)(F)F)(c3ccccc3)OCc3ccccc32)cc1. The first kappa shape index (κ1) is 22.4. The molecule has 1 atom stereocenters. The Bertz CT molecular complexity index is 1200. The third-order valence-electron chi connectivity index (χ3n) is 5.56. The number of alkyl halides is 3. The summed E-state index contributed by atoms with van der Waals surface area (Å²) in [6.45, 7) is 1.17. The average molecular weight is 462 g/mol. The summed E-state index contributed by atoms with van der Waals surface area (Å²) < 4.78 is 75.7. The molecule has 4 rings (SSSR count). The zero-order valence-corrected chi connectivity index (χ0v) is 18.2. The molecule has 1 heterocycles. The Kier molecular flexibility index (Phi) is 5.77. The van der Waals surface area contributed by atoms with Gasteiger partial charge < -0.3 is 4.74 Å². The van der Waals surface area contributed by atoms with E-state index in [0.717, 1.165) is 9.87 Å². The molecule has 1 aliphatic rings. The number of ether oxygens (including phenoxy) is 1. The highest BCUT2D eigenvalue weighted by atomic mass is 32.2. The van der Waals surface area contributed by atoms with Gasteiger partial charge in [0.1, 0.15) is 5.60 Å². The summed E-state index contributed by atoms with van der Waals surface area (Å²) in [5, 5.41) is 0. The lowest BCUT2D eigenvalue weighted by Crippen LogP contribution is -2.46. The summed E-state index contributed by atoms with van der Waals surface area (Å²) in [6, 6.07) is 20.9. The lowest BCUT2D eigenvalue weighted by atomic mass is 9.89. The fraction of sp³-hybridized carbons (Fsp3) is 0.250. The zero-order chi connectivity index (χ0) is 23.0. The smallest absolute Gasteiger partial charge is 0.363 e. The minimum atomic E-state index is -4.58.